The second-order valence-electron chi connectivity index (χ2n) is 8.36. The van der Waals surface area contributed by atoms with Gasteiger partial charge in [0.15, 0.2) is 0 Å². The van der Waals surface area contributed by atoms with E-state index in [4.69, 9.17) is 5.73 Å². The summed E-state index contributed by atoms with van der Waals surface area (Å²) < 4.78 is 0. The van der Waals surface area contributed by atoms with Crippen LogP contribution in [0.5, 0.6) is 0 Å². The maximum absolute atomic E-state index is 12.9. The van der Waals surface area contributed by atoms with Crippen molar-refractivity contribution < 1.29 is 9.59 Å². The molecule has 3 fully saturated rings. The van der Waals surface area contributed by atoms with Crippen molar-refractivity contribution in [3.63, 3.8) is 0 Å². The fourth-order valence-corrected chi connectivity index (χ4v) is 4.94. The summed E-state index contributed by atoms with van der Waals surface area (Å²) in [6, 6.07) is -0.724. The third kappa shape index (κ3) is 4.75. The van der Waals surface area contributed by atoms with Gasteiger partial charge in [-0.1, -0.05) is 38.5 Å². The van der Waals surface area contributed by atoms with E-state index in [-0.39, 0.29) is 17.9 Å². The number of likely N-dealkylation sites (tertiary alicyclic amines) is 1. The second-order valence-corrected chi connectivity index (χ2v) is 8.36. The fraction of sp³-hybridized carbons (Fsp3) is 0.900. The Morgan fingerprint density at radius 3 is 2.24 bits per heavy atom. The average molecular weight is 350 g/mol. The van der Waals surface area contributed by atoms with Crippen molar-refractivity contribution in [1.29, 1.82) is 0 Å². The molecule has 5 nitrogen and oxygen atoms in total. The quantitative estimate of drug-likeness (QED) is 0.801. The summed E-state index contributed by atoms with van der Waals surface area (Å²) in [5, 5.41) is 3.12. The van der Waals surface area contributed by atoms with Crippen molar-refractivity contribution in [3.8, 4) is 0 Å². The summed E-state index contributed by atoms with van der Waals surface area (Å²) in [5.41, 5.74) is 6.30. The molecule has 2 aliphatic carbocycles. The minimum absolute atomic E-state index is 0.00205. The molecule has 2 saturated carbocycles. The number of rotatable bonds is 5. The van der Waals surface area contributed by atoms with Crippen molar-refractivity contribution >= 4 is 11.8 Å². The summed E-state index contributed by atoms with van der Waals surface area (Å²) >= 11 is 0. The van der Waals surface area contributed by atoms with Gasteiger partial charge in [-0.05, 0) is 50.4 Å². The van der Waals surface area contributed by atoms with Gasteiger partial charge in [-0.15, -0.1) is 0 Å². The van der Waals surface area contributed by atoms with Gasteiger partial charge in [0.25, 0.3) is 0 Å². The number of nitrogens with one attached hydrogen (secondary N) is 1. The maximum atomic E-state index is 12.9. The van der Waals surface area contributed by atoms with Crippen LogP contribution < -0.4 is 11.1 Å². The van der Waals surface area contributed by atoms with E-state index in [1.54, 1.807) is 4.90 Å². The molecule has 5 heteroatoms. The van der Waals surface area contributed by atoms with E-state index in [1.165, 1.54) is 51.4 Å². The molecule has 3 aliphatic rings. The van der Waals surface area contributed by atoms with Crippen molar-refractivity contribution in [2.45, 2.75) is 89.1 Å². The van der Waals surface area contributed by atoms with E-state index in [9.17, 15) is 9.59 Å². The van der Waals surface area contributed by atoms with Gasteiger partial charge in [0.1, 0.15) is 6.04 Å². The Bertz CT molecular complexity index is 456. The SMILES string of the molecule is N[C@@H](C(=O)N1CCC[C@H]1C(=O)NCC1CCCCC1)C1CCCCC1. The highest BCUT2D eigenvalue weighted by atomic mass is 16.2. The largest absolute Gasteiger partial charge is 0.354 e. The molecule has 3 rings (SSSR count). The third-order valence-corrected chi connectivity index (χ3v) is 6.57. The lowest BCUT2D eigenvalue weighted by molar-refractivity contribution is -0.140. The van der Waals surface area contributed by atoms with Crippen LogP contribution in [0.25, 0.3) is 0 Å². The molecule has 0 spiro atoms. The molecule has 0 aromatic carbocycles. The summed E-state index contributed by atoms with van der Waals surface area (Å²) in [6.45, 7) is 1.45. The summed E-state index contributed by atoms with van der Waals surface area (Å²) in [6.07, 6.45) is 13.7. The predicted molar refractivity (Wildman–Crippen MR) is 98.9 cm³/mol. The van der Waals surface area contributed by atoms with Crippen molar-refractivity contribution in [2.75, 3.05) is 13.1 Å². The van der Waals surface area contributed by atoms with Gasteiger partial charge in [0.2, 0.25) is 11.8 Å². The number of hydrogen-bond acceptors (Lipinski definition) is 3. The first kappa shape index (κ1) is 18.7. The molecule has 0 aromatic rings. The number of carbonyl (C=O) groups excluding carboxylic acids is 2. The Balaban J connectivity index is 1.51. The molecule has 2 amide bonds. The van der Waals surface area contributed by atoms with Crippen LogP contribution in [0.3, 0.4) is 0 Å². The predicted octanol–water partition coefficient (Wildman–Crippen LogP) is 2.58. The summed E-state index contributed by atoms with van der Waals surface area (Å²) in [4.78, 5) is 27.3. The Morgan fingerprint density at radius 2 is 1.56 bits per heavy atom. The highest BCUT2D eigenvalue weighted by molar-refractivity contribution is 5.90. The highest BCUT2D eigenvalue weighted by Gasteiger charge is 2.38. The normalized spacial score (nSPS) is 27.2. The number of hydrogen-bond donors (Lipinski definition) is 2. The molecule has 0 unspecified atom stereocenters. The van der Waals surface area contributed by atoms with Gasteiger partial charge < -0.3 is 16.0 Å². The van der Waals surface area contributed by atoms with Gasteiger partial charge in [-0.2, -0.15) is 0 Å². The lowest BCUT2D eigenvalue weighted by Gasteiger charge is -2.32. The molecule has 0 bridgehead atoms. The van der Waals surface area contributed by atoms with Crippen LogP contribution in [-0.4, -0.2) is 41.9 Å². The molecule has 1 aliphatic heterocycles. The zero-order valence-electron chi connectivity index (χ0n) is 15.5. The molecule has 0 aromatic heterocycles. The minimum atomic E-state index is -0.424. The van der Waals surface area contributed by atoms with E-state index >= 15 is 0 Å². The van der Waals surface area contributed by atoms with Gasteiger partial charge in [0.05, 0.1) is 6.04 Å². The third-order valence-electron chi connectivity index (χ3n) is 6.57. The second kappa shape index (κ2) is 9.02. The molecule has 3 N–H and O–H groups in total. The van der Waals surface area contributed by atoms with Crippen molar-refractivity contribution in [1.82, 2.24) is 10.2 Å². The van der Waals surface area contributed by atoms with Crippen LogP contribution in [0, 0.1) is 11.8 Å². The number of nitrogens with two attached hydrogens (primary N) is 1. The van der Waals surface area contributed by atoms with E-state index < -0.39 is 6.04 Å². The number of carbonyl (C=O) groups is 2. The van der Waals surface area contributed by atoms with Crippen LogP contribution in [0.2, 0.25) is 0 Å². The molecular formula is C20H35N3O2. The van der Waals surface area contributed by atoms with Crippen LogP contribution in [0.4, 0.5) is 0 Å². The summed E-state index contributed by atoms with van der Waals surface area (Å²) in [7, 11) is 0. The van der Waals surface area contributed by atoms with Crippen LogP contribution in [-0.2, 0) is 9.59 Å². The molecule has 25 heavy (non-hydrogen) atoms. The first-order valence-corrected chi connectivity index (χ1v) is 10.5. The maximum Gasteiger partial charge on any atom is 0.242 e. The Labute approximate surface area is 152 Å². The van der Waals surface area contributed by atoms with Gasteiger partial charge in [0, 0.05) is 13.1 Å². The Hall–Kier alpha value is -1.10. The number of amides is 2. The minimum Gasteiger partial charge on any atom is -0.354 e. The smallest absolute Gasteiger partial charge is 0.242 e. The Morgan fingerprint density at radius 1 is 0.920 bits per heavy atom. The molecule has 1 heterocycles. The molecule has 2 atom stereocenters. The van der Waals surface area contributed by atoms with E-state index in [2.05, 4.69) is 5.32 Å². The molecular weight excluding hydrogens is 314 g/mol. The molecule has 142 valence electrons. The average Bonchev–Trinajstić information content (AvgIpc) is 3.16. The first-order valence-electron chi connectivity index (χ1n) is 10.5. The van der Waals surface area contributed by atoms with Gasteiger partial charge >= 0.3 is 0 Å². The van der Waals surface area contributed by atoms with Crippen molar-refractivity contribution in [3.05, 3.63) is 0 Å². The topological polar surface area (TPSA) is 75.4 Å². The van der Waals surface area contributed by atoms with E-state index in [0.717, 1.165) is 32.2 Å². The fourth-order valence-electron chi connectivity index (χ4n) is 4.94. The van der Waals surface area contributed by atoms with E-state index in [0.29, 0.717) is 18.4 Å². The van der Waals surface area contributed by atoms with Gasteiger partial charge in [-0.25, -0.2) is 0 Å². The first-order chi connectivity index (χ1) is 12.2. The van der Waals surface area contributed by atoms with E-state index in [1.807, 2.05) is 0 Å². The zero-order chi connectivity index (χ0) is 17.6. The Kier molecular flexibility index (Phi) is 6.74. The monoisotopic (exact) mass is 349 g/mol. The standard InChI is InChI=1S/C20H35N3O2/c21-18(16-10-5-2-6-11-16)20(25)23-13-7-12-17(23)19(24)22-14-15-8-3-1-4-9-15/h15-18H,1-14,21H2,(H,22,24)/t17-,18+/m0/s1. The van der Waals surface area contributed by atoms with Crippen molar-refractivity contribution in [2.24, 2.45) is 17.6 Å². The van der Waals surface area contributed by atoms with Crippen LogP contribution in [0.15, 0.2) is 0 Å². The molecule has 0 radical (unpaired) electrons. The van der Waals surface area contributed by atoms with Gasteiger partial charge in [-0.3, -0.25) is 9.59 Å². The number of nitrogens with zero attached hydrogens (tertiary/aromatic N) is 1. The zero-order valence-corrected chi connectivity index (χ0v) is 15.5. The summed E-state index contributed by atoms with van der Waals surface area (Å²) in [5.74, 6) is 0.954. The van der Waals surface area contributed by atoms with Crippen LogP contribution in [0.1, 0.15) is 77.0 Å². The van der Waals surface area contributed by atoms with Crippen LogP contribution >= 0.6 is 0 Å². The molecule has 1 saturated heterocycles. The highest BCUT2D eigenvalue weighted by Crippen LogP contribution is 2.28. The lowest BCUT2D eigenvalue weighted by atomic mass is 9.83. The lowest BCUT2D eigenvalue weighted by Crippen LogP contribution is -2.53.